The summed E-state index contributed by atoms with van der Waals surface area (Å²) in [5.74, 6) is 0. The van der Waals surface area contributed by atoms with E-state index in [0.29, 0.717) is 0 Å². The van der Waals surface area contributed by atoms with E-state index in [-0.39, 0.29) is 10.8 Å². The standard InChI is InChI=1S/C20H21Cl/c1-19(2)12-7-13-20(15-19,16-8-4-3-5-9-16)17-10-6-11-18(21)14-17/h3-11,13-14H,12,15H2,1-2H3. The van der Waals surface area contributed by atoms with Crippen molar-refractivity contribution in [1.29, 1.82) is 0 Å². The summed E-state index contributed by atoms with van der Waals surface area (Å²) < 4.78 is 0. The summed E-state index contributed by atoms with van der Waals surface area (Å²) in [6, 6.07) is 19.1. The molecule has 0 amide bonds. The Hall–Kier alpha value is -1.53. The molecule has 0 N–H and O–H groups in total. The molecular weight excluding hydrogens is 276 g/mol. The van der Waals surface area contributed by atoms with Crippen molar-refractivity contribution in [3.63, 3.8) is 0 Å². The van der Waals surface area contributed by atoms with E-state index in [1.807, 2.05) is 6.07 Å². The van der Waals surface area contributed by atoms with E-state index in [2.05, 4.69) is 74.5 Å². The molecule has 1 unspecified atom stereocenters. The molecule has 1 heteroatoms. The first-order valence-corrected chi connectivity index (χ1v) is 7.89. The van der Waals surface area contributed by atoms with Crippen molar-refractivity contribution in [2.24, 2.45) is 5.41 Å². The summed E-state index contributed by atoms with van der Waals surface area (Å²) in [5.41, 5.74) is 2.84. The van der Waals surface area contributed by atoms with Crippen LogP contribution in [0.15, 0.2) is 66.7 Å². The summed E-state index contributed by atoms with van der Waals surface area (Å²) >= 11 is 6.26. The van der Waals surface area contributed by atoms with Gasteiger partial charge in [0.05, 0.1) is 0 Å². The smallest absolute Gasteiger partial charge is 0.0409 e. The predicted molar refractivity (Wildman–Crippen MR) is 90.8 cm³/mol. The monoisotopic (exact) mass is 296 g/mol. The molecule has 108 valence electrons. The summed E-state index contributed by atoms with van der Waals surface area (Å²) in [6.45, 7) is 4.69. The van der Waals surface area contributed by atoms with Crippen molar-refractivity contribution in [3.8, 4) is 0 Å². The number of benzene rings is 2. The number of hydrogen-bond donors (Lipinski definition) is 0. The third-order valence-electron chi connectivity index (χ3n) is 4.46. The van der Waals surface area contributed by atoms with Crippen LogP contribution in [-0.4, -0.2) is 0 Å². The molecule has 21 heavy (non-hydrogen) atoms. The van der Waals surface area contributed by atoms with E-state index >= 15 is 0 Å². The quantitative estimate of drug-likeness (QED) is 0.596. The van der Waals surface area contributed by atoms with Crippen LogP contribution in [0.5, 0.6) is 0 Å². The topological polar surface area (TPSA) is 0 Å². The lowest BCUT2D eigenvalue weighted by atomic mass is 9.61. The van der Waals surface area contributed by atoms with Crippen molar-refractivity contribution in [1.82, 2.24) is 0 Å². The molecule has 0 spiro atoms. The van der Waals surface area contributed by atoms with Crippen molar-refractivity contribution in [3.05, 3.63) is 82.9 Å². The number of hydrogen-bond acceptors (Lipinski definition) is 0. The predicted octanol–water partition coefficient (Wildman–Crippen LogP) is 6.00. The molecule has 0 bridgehead atoms. The van der Waals surface area contributed by atoms with Gasteiger partial charge >= 0.3 is 0 Å². The van der Waals surface area contributed by atoms with Gasteiger partial charge in [0.1, 0.15) is 0 Å². The van der Waals surface area contributed by atoms with Crippen LogP contribution >= 0.6 is 11.6 Å². The average Bonchev–Trinajstić information content (AvgIpc) is 2.47. The highest BCUT2D eigenvalue weighted by Crippen LogP contribution is 2.48. The van der Waals surface area contributed by atoms with Crippen LogP contribution in [0.2, 0.25) is 5.02 Å². The molecule has 0 nitrogen and oxygen atoms in total. The van der Waals surface area contributed by atoms with E-state index in [4.69, 9.17) is 11.6 Å². The van der Waals surface area contributed by atoms with Gasteiger partial charge in [-0.25, -0.2) is 0 Å². The normalized spacial score (nSPS) is 24.0. The maximum atomic E-state index is 6.26. The molecule has 2 aromatic carbocycles. The first-order chi connectivity index (χ1) is 10.0. The third kappa shape index (κ3) is 2.78. The minimum atomic E-state index is -0.0755. The summed E-state index contributed by atoms with van der Waals surface area (Å²) in [5, 5.41) is 0.805. The molecule has 0 saturated carbocycles. The van der Waals surface area contributed by atoms with Crippen LogP contribution < -0.4 is 0 Å². The van der Waals surface area contributed by atoms with E-state index < -0.39 is 0 Å². The highest BCUT2D eigenvalue weighted by atomic mass is 35.5. The lowest BCUT2D eigenvalue weighted by Gasteiger charge is -2.42. The van der Waals surface area contributed by atoms with Crippen LogP contribution in [0, 0.1) is 5.41 Å². The molecule has 0 aliphatic heterocycles. The second kappa shape index (κ2) is 5.35. The molecule has 1 aliphatic rings. The van der Waals surface area contributed by atoms with E-state index in [9.17, 15) is 0 Å². The maximum absolute atomic E-state index is 6.26. The van der Waals surface area contributed by atoms with Gasteiger partial charge in [-0.1, -0.05) is 80.1 Å². The maximum Gasteiger partial charge on any atom is 0.0409 e. The fourth-order valence-corrected chi connectivity index (χ4v) is 3.72. The van der Waals surface area contributed by atoms with Gasteiger partial charge in [-0.3, -0.25) is 0 Å². The minimum absolute atomic E-state index is 0.0755. The highest BCUT2D eigenvalue weighted by Gasteiger charge is 2.39. The molecular formula is C20H21Cl. The second-order valence-corrected chi connectivity index (χ2v) is 7.23. The highest BCUT2D eigenvalue weighted by molar-refractivity contribution is 6.30. The Morgan fingerprint density at radius 1 is 0.905 bits per heavy atom. The number of halogens is 1. The van der Waals surface area contributed by atoms with Crippen LogP contribution in [-0.2, 0) is 5.41 Å². The van der Waals surface area contributed by atoms with Gasteiger partial charge in [-0.05, 0) is 41.5 Å². The largest absolute Gasteiger partial charge is 0.0868 e. The third-order valence-corrected chi connectivity index (χ3v) is 4.69. The van der Waals surface area contributed by atoms with Crippen molar-refractivity contribution < 1.29 is 0 Å². The van der Waals surface area contributed by atoms with E-state index in [1.165, 1.54) is 11.1 Å². The van der Waals surface area contributed by atoms with Gasteiger partial charge < -0.3 is 0 Å². The van der Waals surface area contributed by atoms with Crippen LogP contribution in [0.1, 0.15) is 37.8 Å². The first-order valence-electron chi connectivity index (χ1n) is 7.51. The Morgan fingerprint density at radius 3 is 2.29 bits per heavy atom. The van der Waals surface area contributed by atoms with Gasteiger partial charge in [0.2, 0.25) is 0 Å². The fourth-order valence-electron chi connectivity index (χ4n) is 3.53. The second-order valence-electron chi connectivity index (χ2n) is 6.80. The van der Waals surface area contributed by atoms with E-state index in [0.717, 1.165) is 17.9 Å². The summed E-state index contributed by atoms with van der Waals surface area (Å²) in [7, 11) is 0. The molecule has 0 fully saturated rings. The van der Waals surface area contributed by atoms with Crippen LogP contribution in [0.25, 0.3) is 0 Å². The van der Waals surface area contributed by atoms with Crippen molar-refractivity contribution in [2.45, 2.75) is 32.1 Å². The number of allylic oxidation sites excluding steroid dienone is 2. The Bertz CT molecular complexity index is 655. The van der Waals surface area contributed by atoms with Crippen molar-refractivity contribution >= 4 is 11.6 Å². The molecule has 1 atom stereocenters. The summed E-state index contributed by atoms with van der Waals surface area (Å²) in [4.78, 5) is 0. The molecule has 2 aromatic rings. The average molecular weight is 297 g/mol. The van der Waals surface area contributed by atoms with Gasteiger partial charge in [-0.2, -0.15) is 0 Å². The Labute approximate surface area is 132 Å². The molecule has 1 aliphatic carbocycles. The molecule has 0 saturated heterocycles. The Morgan fingerprint density at radius 2 is 1.62 bits per heavy atom. The van der Waals surface area contributed by atoms with Crippen LogP contribution in [0.4, 0.5) is 0 Å². The van der Waals surface area contributed by atoms with E-state index in [1.54, 1.807) is 0 Å². The Kier molecular flexibility index (Phi) is 3.67. The van der Waals surface area contributed by atoms with Crippen LogP contribution in [0.3, 0.4) is 0 Å². The zero-order valence-electron chi connectivity index (χ0n) is 12.6. The minimum Gasteiger partial charge on any atom is -0.0868 e. The Balaban J connectivity index is 2.21. The fraction of sp³-hybridized carbons (Fsp3) is 0.300. The number of rotatable bonds is 2. The van der Waals surface area contributed by atoms with Gasteiger partial charge in [0.15, 0.2) is 0 Å². The molecule has 3 rings (SSSR count). The van der Waals surface area contributed by atoms with Crippen molar-refractivity contribution in [2.75, 3.05) is 0 Å². The zero-order chi connectivity index (χ0) is 14.9. The van der Waals surface area contributed by atoms with Gasteiger partial charge in [0, 0.05) is 10.4 Å². The molecule has 0 heterocycles. The molecule has 0 aromatic heterocycles. The van der Waals surface area contributed by atoms with Gasteiger partial charge in [0.25, 0.3) is 0 Å². The zero-order valence-corrected chi connectivity index (χ0v) is 13.4. The first kappa shape index (κ1) is 14.4. The molecule has 0 radical (unpaired) electrons. The summed E-state index contributed by atoms with van der Waals surface area (Å²) in [6.07, 6.45) is 6.93. The lowest BCUT2D eigenvalue weighted by Crippen LogP contribution is -2.34. The lowest BCUT2D eigenvalue weighted by molar-refractivity contribution is 0.273. The van der Waals surface area contributed by atoms with Gasteiger partial charge in [-0.15, -0.1) is 0 Å². The SMILES string of the molecule is CC1(C)CC=CC(c2ccccc2)(c2cccc(Cl)c2)C1.